The predicted octanol–water partition coefficient (Wildman–Crippen LogP) is 12.1. The number of furan rings is 1. The number of hydrogen-bond acceptors (Lipinski definition) is 3. The Bertz CT molecular complexity index is 2800. The van der Waals surface area contributed by atoms with Crippen LogP contribution in [0.4, 0.5) is 0 Å². The second-order valence-corrected chi connectivity index (χ2v) is 12.6. The predicted molar refractivity (Wildman–Crippen MR) is 205 cm³/mol. The molecule has 4 heteroatoms. The molecule has 0 bridgehead atoms. The Morgan fingerprint density at radius 1 is 0.400 bits per heavy atom. The smallest absolute Gasteiger partial charge is 0.160 e. The van der Waals surface area contributed by atoms with Crippen molar-refractivity contribution in [3.8, 4) is 50.7 Å². The van der Waals surface area contributed by atoms with Crippen molar-refractivity contribution in [2.75, 3.05) is 0 Å². The molecule has 0 amide bonds. The lowest BCUT2D eigenvalue weighted by molar-refractivity contribution is 0.672. The van der Waals surface area contributed by atoms with E-state index >= 15 is 0 Å². The Hall–Kier alpha value is -6.78. The van der Waals surface area contributed by atoms with Crippen LogP contribution in [-0.2, 0) is 0 Å². The van der Waals surface area contributed by atoms with Crippen LogP contribution in [0, 0.1) is 0 Å². The molecule has 0 saturated heterocycles. The largest absolute Gasteiger partial charge is 0.453 e. The topological polar surface area (TPSA) is 43.9 Å². The third-order valence-corrected chi connectivity index (χ3v) is 9.61. The number of aromatic nitrogens is 3. The monoisotopic (exact) mass is 639 g/mol. The SMILES string of the molecule is c1ccc(-c2cc(-c3cccc(-c4cccc5c4oc4c5ccc5c6ccccc6n(-c6ccccc6)c54)c3)nc(-c3ccccc3)n2)cc1. The van der Waals surface area contributed by atoms with Gasteiger partial charge in [0.15, 0.2) is 11.4 Å². The molecule has 0 spiro atoms. The summed E-state index contributed by atoms with van der Waals surface area (Å²) in [4.78, 5) is 10.1. The molecule has 10 aromatic rings. The van der Waals surface area contributed by atoms with Crippen LogP contribution < -0.4 is 0 Å². The molecule has 50 heavy (non-hydrogen) atoms. The first-order valence-corrected chi connectivity index (χ1v) is 16.8. The molecule has 0 fully saturated rings. The van der Waals surface area contributed by atoms with Crippen LogP contribution in [0.1, 0.15) is 0 Å². The van der Waals surface area contributed by atoms with Crippen molar-refractivity contribution in [2.45, 2.75) is 0 Å². The molecule has 7 aromatic carbocycles. The molecule has 0 radical (unpaired) electrons. The number of fused-ring (bicyclic) bond motifs is 7. The van der Waals surface area contributed by atoms with Gasteiger partial charge in [-0.15, -0.1) is 0 Å². The van der Waals surface area contributed by atoms with Gasteiger partial charge in [0.05, 0.1) is 22.4 Å². The summed E-state index contributed by atoms with van der Waals surface area (Å²) in [5.41, 5.74) is 12.0. The summed E-state index contributed by atoms with van der Waals surface area (Å²) in [5, 5.41) is 4.57. The lowest BCUT2D eigenvalue weighted by atomic mass is 9.98. The van der Waals surface area contributed by atoms with E-state index in [-0.39, 0.29) is 0 Å². The molecular weight excluding hydrogens is 611 g/mol. The van der Waals surface area contributed by atoms with Crippen LogP contribution in [0.3, 0.4) is 0 Å². The average Bonchev–Trinajstić information content (AvgIpc) is 3.75. The summed E-state index contributed by atoms with van der Waals surface area (Å²) in [6.07, 6.45) is 0. The van der Waals surface area contributed by atoms with E-state index in [9.17, 15) is 0 Å². The van der Waals surface area contributed by atoms with Gasteiger partial charge in [0, 0.05) is 49.5 Å². The quantitative estimate of drug-likeness (QED) is 0.188. The minimum Gasteiger partial charge on any atom is -0.453 e. The zero-order chi connectivity index (χ0) is 33.0. The zero-order valence-electron chi connectivity index (χ0n) is 27.0. The highest BCUT2D eigenvalue weighted by Crippen LogP contribution is 2.43. The van der Waals surface area contributed by atoms with Crippen molar-refractivity contribution < 1.29 is 4.42 Å². The molecule has 0 aliphatic carbocycles. The molecule has 3 heterocycles. The Labute approximate surface area is 288 Å². The first-order chi connectivity index (χ1) is 24.8. The standard InChI is InChI=1S/C46H29N3O/c1-4-14-30(15-5-1)40-29-41(48-46(47-40)31-16-6-2-7-17-31)33-19-12-18-32(28-33)35-23-13-24-38-39-27-26-37-36-22-10-11-25-42(36)49(34-20-8-3-9-21-34)43(37)45(39)50-44(35)38/h1-29H. The van der Waals surface area contributed by atoms with Crippen LogP contribution >= 0.6 is 0 Å². The van der Waals surface area contributed by atoms with Crippen LogP contribution in [0.25, 0.3) is 94.5 Å². The fourth-order valence-corrected chi connectivity index (χ4v) is 7.29. The van der Waals surface area contributed by atoms with Gasteiger partial charge in [-0.3, -0.25) is 0 Å². The number of hydrogen-bond donors (Lipinski definition) is 0. The Morgan fingerprint density at radius 3 is 1.78 bits per heavy atom. The Balaban J connectivity index is 1.17. The Morgan fingerprint density at radius 2 is 0.980 bits per heavy atom. The van der Waals surface area contributed by atoms with Crippen molar-refractivity contribution in [1.82, 2.24) is 14.5 Å². The van der Waals surface area contributed by atoms with E-state index in [1.165, 1.54) is 10.8 Å². The maximum Gasteiger partial charge on any atom is 0.160 e. The van der Waals surface area contributed by atoms with Crippen LogP contribution in [-0.4, -0.2) is 14.5 Å². The minimum absolute atomic E-state index is 0.699. The molecular formula is C46H29N3O. The molecule has 234 valence electrons. The van der Waals surface area contributed by atoms with E-state index in [4.69, 9.17) is 14.4 Å². The zero-order valence-corrected chi connectivity index (χ0v) is 27.0. The molecule has 3 aromatic heterocycles. The van der Waals surface area contributed by atoms with Gasteiger partial charge in [-0.1, -0.05) is 140 Å². The average molecular weight is 640 g/mol. The van der Waals surface area contributed by atoms with E-state index in [1.54, 1.807) is 0 Å². The maximum absolute atomic E-state index is 7.00. The van der Waals surface area contributed by atoms with Crippen LogP contribution in [0.15, 0.2) is 180 Å². The first kappa shape index (κ1) is 28.3. The molecule has 0 atom stereocenters. The summed E-state index contributed by atoms with van der Waals surface area (Å²) in [5.74, 6) is 0.699. The van der Waals surface area contributed by atoms with Crippen molar-refractivity contribution in [1.29, 1.82) is 0 Å². The van der Waals surface area contributed by atoms with Crippen molar-refractivity contribution in [3.63, 3.8) is 0 Å². The Kier molecular flexibility index (Phi) is 6.46. The van der Waals surface area contributed by atoms with Crippen molar-refractivity contribution in [3.05, 3.63) is 176 Å². The summed E-state index contributed by atoms with van der Waals surface area (Å²) in [7, 11) is 0. The molecule has 0 saturated carbocycles. The second-order valence-electron chi connectivity index (χ2n) is 12.6. The highest BCUT2D eigenvalue weighted by Gasteiger charge is 2.20. The van der Waals surface area contributed by atoms with Crippen molar-refractivity contribution in [2.24, 2.45) is 0 Å². The number of para-hydroxylation sites is 3. The lowest BCUT2D eigenvalue weighted by Crippen LogP contribution is -1.96. The van der Waals surface area contributed by atoms with Crippen molar-refractivity contribution >= 4 is 43.7 Å². The molecule has 4 nitrogen and oxygen atoms in total. The molecule has 0 aliphatic heterocycles. The minimum atomic E-state index is 0.699. The van der Waals surface area contributed by atoms with Gasteiger partial charge in [0.1, 0.15) is 5.58 Å². The fraction of sp³-hybridized carbons (Fsp3) is 0. The molecule has 0 N–H and O–H groups in total. The third-order valence-electron chi connectivity index (χ3n) is 9.61. The molecule has 10 rings (SSSR count). The number of nitrogens with zero attached hydrogens (tertiary/aromatic N) is 3. The van der Waals surface area contributed by atoms with Gasteiger partial charge >= 0.3 is 0 Å². The molecule has 0 unspecified atom stereocenters. The summed E-state index contributed by atoms with van der Waals surface area (Å²) in [6, 6.07) is 61.2. The second kappa shape index (κ2) is 11.4. The summed E-state index contributed by atoms with van der Waals surface area (Å²) < 4.78 is 9.33. The van der Waals surface area contributed by atoms with E-state index in [1.807, 2.05) is 36.4 Å². The fourth-order valence-electron chi connectivity index (χ4n) is 7.29. The van der Waals surface area contributed by atoms with E-state index in [0.29, 0.717) is 5.82 Å². The normalized spacial score (nSPS) is 11.6. The lowest BCUT2D eigenvalue weighted by Gasteiger charge is -2.11. The number of benzene rings is 7. The molecule has 0 aliphatic rings. The van der Waals surface area contributed by atoms with E-state index in [2.05, 4.69) is 144 Å². The van der Waals surface area contributed by atoms with E-state index < -0.39 is 0 Å². The highest BCUT2D eigenvalue weighted by molar-refractivity contribution is 6.22. The van der Waals surface area contributed by atoms with Gasteiger partial charge < -0.3 is 8.98 Å². The maximum atomic E-state index is 7.00. The first-order valence-electron chi connectivity index (χ1n) is 16.8. The van der Waals surface area contributed by atoms with Crippen LogP contribution in [0.5, 0.6) is 0 Å². The van der Waals surface area contributed by atoms with E-state index in [0.717, 1.165) is 77.9 Å². The highest BCUT2D eigenvalue weighted by atomic mass is 16.3. The van der Waals surface area contributed by atoms with Crippen LogP contribution in [0.2, 0.25) is 0 Å². The van der Waals surface area contributed by atoms with Gasteiger partial charge in [0.2, 0.25) is 0 Å². The third kappa shape index (κ3) is 4.54. The van der Waals surface area contributed by atoms with Gasteiger partial charge in [-0.2, -0.15) is 0 Å². The summed E-state index contributed by atoms with van der Waals surface area (Å²) >= 11 is 0. The summed E-state index contributed by atoms with van der Waals surface area (Å²) in [6.45, 7) is 0. The van der Waals surface area contributed by atoms with Gasteiger partial charge in [0.25, 0.3) is 0 Å². The van der Waals surface area contributed by atoms with Gasteiger partial charge in [-0.25, -0.2) is 9.97 Å². The van der Waals surface area contributed by atoms with Gasteiger partial charge in [-0.05, 0) is 42.0 Å². The number of rotatable bonds is 5.